The van der Waals surface area contributed by atoms with Crippen LogP contribution in [0.4, 0.5) is 26.3 Å². The monoisotopic (exact) mass is 610 g/mol. The fraction of sp³-hybridized carbons (Fsp3) is 0.938. The van der Waals surface area contributed by atoms with Gasteiger partial charge in [-0.2, -0.15) is 26.3 Å². The minimum Gasteiger partial charge on any atom is -0.462 e. The smallest absolute Gasteiger partial charge is 0.434 e. The molecule has 0 aromatic carbocycles. The van der Waals surface area contributed by atoms with Gasteiger partial charge < -0.3 is 9.47 Å². The third kappa shape index (κ3) is 6.07. The third-order valence-electron chi connectivity index (χ3n) is 12.0. The Balaban J connectivity index is 1.37. The van der Waals surface area contributed by atoms with Crippen molar-refractivity contribution >= 4 is 11.9 Å². The summed E-state index contributed by atoms with van der Waals surface area (Å²) in [6.45, 7) is 11.2. The summed E-state index contributed by atoms with van der Waals surface area (Å²) in [4.78, 5) is 26.6. The van der Waals surface area contributed by atoms with E-state index in [1.807, 2.05) is 27.7 Å². The molecule has 4 aliphatic carbocycles. The number of hydrogen-bond acceptors (Lipinski definition) is 4. The SMILES string of the molecule is CC(CCC1CCC1(C(=O)OC(C(F)(F)F)C(F)(F)F)C(C)C)CC(C)(C(=O)OC1CC2CC1C1CCCC21)C(C)C. The Hall–Kier alpha value is -1.48. The van der Waals surface area contributed by atoms with E-state index in [0.29, 0.717) is 43.4 Å². The second kappa shape index (κ2) is 11.8. The summed E-state index contributed by atoms with van der Waals surface area (Å²) in [5.74, 6) is 0.194. The van der Waals surface area contributed by atoms with E-state index in [1.54, 1.807) is 13.8 Å². The molecule has 10 heteroatoms. The van der Waals surface area contributed by atoms with Gasteiger partial charge in [-0.05, 0) is 106 Å². The van der Waals surface area contributed by atoms with Crippen LogP contribution < -0.4 is 0 Å². The first kappa shape index (κ1) is 33.4. The molecule has 4 saturated carbocycles. The first-order valence-electron chi connectivity index (χ1n) is 15.9. The van der Waals surface area contributed by atoms with Gasteiger partial charge in [0.1, 0.15) is 6.10 Å². The predicted octanol–water partition coefficient (Wildman–Crippen LogP) is 8.91. The van der Waals surface area contributed by atoms with Gasteiger partial charge in [0.05, 0.1) is 10.8 Å². The average Bonchev–Trinajstić information content (AvgIpc) is 3.54. The number of esters is 2. The normalized spacial score (nSPS) is 34.8. The van der Waals surface area contributed by atoms with E-state index in [4.69, 9.17) is 4.74 Å². The number of carbonyl (C=O) groups excluding carboxylic acids is 2. The van der Waals surface area contributed by atoms with E-state index in [2.05, 4.69) is 4.74 Å². The zero-order valence-electron chi connectivity index (χ0n) is 25.7. The van der Waals surface area contributed by atoms with Crippen LogP contribution in [-0.4, -0.2) is 36.5 Å². The fourth-order valence-electron chi connectivity index (χ4n) is 9.14. The molecule has 0 aliphatic heterocycles. The maximum Gasteiger partial charge on any atom is 0.434 e. The highest BCUT2D eigenvalue weighted by atomic mass is 19.4. The molecule has 4 rings (SSSR count). The summed E-state index contributed by atoms with van der Waals surface area (Å²) in [6, 6.07) is 0. The van der Waals surface area contributed by atoms with Crippen molar-refractivity contribution in [3.63, 3.8) is 0 Å². The Labute approximate surface area is 246 Å². The standard InChI is InChI=1S/C32H48F6O4/c1-17(2)29(6,27(39)41-25-15-20-14-24(25)23-9-7-8-22(20)23)16-19(5)10-11-21-12-13-30(21,18(3)4)28(40)42-26(31(33,34)35)32(36,37)38/h17-26H,7-16H2,1-6H3. The lowest BCUT2D eigenvalue weighted by atomic mass is 9.53. The fourth-order valence-corrected chi connectivity index (χ4v) is 9.14. The Morgan fingerprint density at radius 3 is 2.02 bits per heavy atom. The molecule has 4 aliphatic rings. The molecular formula is C32H48F6O4. The van der Waals surface area contributed by atoms with Crippen LogP contribution >= 0.6 is 0 Å². The van der Waals surface area contributed by atoms with Crippen LogP contribution in [0.25, 0.3) is 0 Å². The molecule has 42 heavy (non-hydrogen) atoms. The molecule has 0 heterocycles. The lowest BCUT2D eigenvalue weighted by molar-refractivity contribution is -0.318. The minimum atomic E-state index is -5.74. The summed E-state index contributed by atoms with van der Waals surface area (Å²) < 4.78 is 89.2. The molecule has 0 spiro atoms. The van der Waals surface area contributed by atoms with E-state index in [0.717, 1.165) is 18.8 Å². The molecule has 0 amide bonds. The lowest BCUT2D eigenvalue weighted by Crippen LogP contribution is -2.55. The molecule has 0 aromatic rings. The van der Waals surface area contributed by atoms with Gasteiger partial charge >= 0.3 is 24.3 Å². The molecule has 9 unspecified atom stereocenters. The van der Waals surface area contributed by atoms with Crippen LogP contribution in [0.5, 0.6) is 0 Å². The third-order valence-corrected chi connectivity index (χ3v) is 12.0. The van der Waals surface area contributed by atoms with Gasteiger partial charge in [-0.25, -0.2) is 0 Å². The Morgan fingerprint density at radius 2 is 1.50 bits per heavy atom. The molecule has 9 atom stereocenters. The first-order chi connectivity index (χ1) is 19.3. The van der Waals surface area contributed by atoms with Crippen molar-refractivity contribution in [3.8, 4) is 0 Å². The Kier molecular flexibility index (Phi) is 9.38. The average molecular weight is 611 g/mol. The van der Waals surface area contributed by atoms with Gasteiger partial charge in [-0.3, -0.25) is 9.59 Å². The van der Waals surface area contributed by atoms with Crippen LogP contribution in [0.15, 0.2) is 0 Å². The van der Waals surface area contributed by atoms with Gasteiger partial charge in [0, 0.05) is 0 Å². The summed E-state index contributed by atoms with van der Waals surface area (Å²) in [5.41, 5.74) is -2.12. The molecular weight excluding hydrogens is 562 g/mol. The van der Waals surface area contributed by atoms with Crippen molar-refractivity contribution in [3.05, 3.63) is 0 Å². The van der Waals surface area contributed by atoms with Crippen molar-refractivity contribution in [2.75, 3.05) is 0 Å². The van der Waals surface area contributed by atoms with E-state index in [1.165, 1.54) is 19.3 Å². The minimum absolute atomic E-state index is 0.0138. The maximum absolute atomic E-state index is 13.7. The van der Waals surface area contributed by atoms with Gasteiger partial charge in [0.25, 0.3) is 6.10 Å². The molecule has 0 radical (unpaired) electrons. The van der Waals surface area contributed by atoms with Crippen molar-refractivity contribution in [1.82, 2.24) is 0 Å². The van der Waals surface area contributed by atoms with E-state index in [-0.39, 0.29) is 36.2 Å². The molecule has 4 fully saturated rings. The zero-order valence-corrected chi connectivity index (χ0v) is 25.7. The molecule has 242 valence electrons. The number of fused-ring (bicyclic) bond motifs is 5. The van der Waals surface area contributed by atoms with Gasteiger partial charge in [0.15, 0.2) is 0 Å². The Bertz CT molecular complexity index is 978. The zero-order chi connectivity index (χ0) is 31.4. The quantitative estimate of drug-likeness (QED) is 0.173. The topological polar surface area (TPSA) is 52.6 Å². The number of carbonyl (C=O) groups is 2. The number of ether oxygens (including phenoxy) is 2. The summed E-state index contributed by atoms with van der Waals surface area (Å²) in [7, 11) is 0. The second-order valence-corrected chi connectivity index (χ2v) is 14.9. The first-order valence-corrected chi connectivity index (χ1v) is 15.9. The van der Waals surface area contributed by atoms with Crippen molar-refractivity contribution in [2.24, 2.45) is 58.2 Å². The number of halogens is 6. The highest BCUT2D eigenvalue weighted by Gasteiger charge is 2.63. The van der Waals surface area contributed by atoms with Crippen molar-refractivity contribution in [1.29, 1.82) is 0 Å². The second-order valence-electron chi connectivity index (χ2n) is 14.9. The largest absolute Gasteiger partial charge is 0.462 e. The molecule has 4 nitrogen and oxygen atoms in total. The predicted molar refractivity (Wildman–Crippen MR) is 145 cm³/mol. The highest BCUT2D eigenvalue weighted by Crippen LogP contribution is 2.60. The number of alkyl halides is 6. The number of rotatable bonds is 11. The molecule has 0 aromatic heterocycles. The van der Waals surface area contributed by atoms with Crippen molar-refractivity contribution < 1.29 is 45.4 Å². The van der Waals surface area contributed by atoms with Crippen molar-refractivity contribution in [2.45, 2.75) is 130 Å². The molecule has 2 bridgehead atoms. The van der Waals surface area contributed by atoms with Crippen LogP contribution in [0.2, 0.25) is 0 Å². The van der Waals surface area contributed by atoms with Crippen LogP contribution in [0.3, 0.4) is 0 Å². The maximum atomic E-state index is 13.7. The van der Waals surface area contributed by atoms with Gasteiger partial charge in [-0.15, -0.1) is 0 Å². The number of hydrogen-bond donors (Lipinski definition) is 0. The van der Waals surface area contributed by atoms with Crippen LogP contribution in [-0.2, 0) is 19.1 Å². The summed E-state index contributed by atoms with van der Waals surface area (Å²) >= 11 is 0. The highest BCUT2D eigenvalue weighted by molar-refractivity contribution is 5.79. The summed E-state index contributed by atoms with van der Waals surface area (Å²) in [6.07, 6.45) is -7.41. The molecule has 0 N–H and O–H groups in total. The summed E-state index contributed by atoms with van der Waals surface area (Å²) in [5, 5.41) is 0. The Morgan fingerprint density at radius 1 is 0.881 bits per heavy atom. The van der Waals surface area contributed by atoms with E-state index in [9.17, 15) is 35.9 Å². The van der Waals surface area contributed by atoms with E-state index >= 15 is 0 Å². The van der Waals surface area contributed by atoms with Crippen LogP contribution in [0.1, 0.15) is 106 Å². The van der Waals surface area contributed by atoms with Crippen LogP contribution in [0, 0.1) is 58.2 Å². The van der Waals surface area contributed by atoms with Gasteiger partial charge in [-0.1, -0.05) is 47.5 Å². The lowest BCUT2D eigenvalue weighted by Gasteiger charge is -2.51. The van der Waals surface area contributed by atoms with Gasteiger partial charge in [0.2, 0.25) is 0 Å². The molecule has 0 saturated heterocycles. The van der Waals surface area contributed by atoms with E-state index < -0.39 is 41.2 Å².